The molecule has 1 unspecified atom stereocenters. The summed E-state index contributed by atoms with van der Waals surface area (Å²) in [7, 11) is 3.49. The van der Waals surface area contributed by atoms with Crippen LogP contribution in [0.2, 0.25) is 0 Å². The van der Waals surface area contributed by atoms with Crippen LogP contribution in [0.25, 0.3) is 0 Å². The second kappa shape index (κ2) is 5.61. The van der Waals surface area contributed by atoms with Crippen LogP contribution in [0.1, 0.15) is 43.2 Å². The highest BCUT2D eigenvalue weighted by molar-refractivity contribution is 5.52. The van der Waals surface area contributed by atoms with Crippen molar-refractivity contribution in [2.24, 2.45) is 0 Å². The summed E-state index contributed by atoms with van der Waals surface area (Å²) in [6.07, 6.45) is 1.17. The molecule has 0 aliphatic carbocycles. The molecule has 0 spiro atoms. The van der Waals surface area contributed by atoms with Crippen LogP contribution in [-0.4, -0.2) is 27.3 Å². The molecular weight excluding hydrogens is 226 g/mol. The molecule has 0 bridgehead atoms. The molecule has 100 valence electrons. The molecule has 1 N–H and O–H groups in total. The Labute approximate surface area is 109 Å². The molecule has 0 amide bonds. The Hall–Kier alpha value is -1.22. The van der Waals surface area contributed by atoms with Crippen molar-refractivity contribution in [2.75, 3.05) is 27.3 Å². The van der Waals surface area contributed by atoms with Crippen molar-refractivity contribution in [1.82, 2.24) is 5.32 Å². The molecule has 18 heavy (non-hydrogen) atoms. The predicted molar refractivity (Wildman–Crippen MR) is 73.9 cm³/mol. The number of hydrogen-bond acceptors (Lipinski definition) is 3. The van der Waals surface area contributed by atoms with Crippen molar-refractivity contribution >= 4 is 0 Å². The van der Waals surface area contributed by atoms with E-state index in [0.29, 0.717) is 11.8 Å². The van der Waals surface area contributed by atoms with Gasteiger partial charge in [0.25, 0.3) is 0 Å². The molecule has 2 rings (SSSR count). The highest BCUT2D eigenvalue weighted by Gasteiger charge is 2.26. The van der Waals surface area contributed by atoms with Crippen LogP contribution in [0.4, 0.5) is 0 Å². The zero-order chi connectivity index (χ0) is 13.1. The molecule has 1 fully saturated rings. The molecule has 0 aromatic heterocycles. The van der Waals surface area contributed by atoms with Gasteiger partial charge >= 0.3 is 0 Å². The Morgan fingerprint density at radius 3 is 2.33 bits per heavy atom. The summed E-state index contributed by atoms with van der Waals surface area (Å²) in [5.74, 6) is 2.94. The van der Waals surface area contributed by atoms with E-state index in [0.717, 1.165) is 24.6 Å². The zero-order valence-corrected chi connectivity index (χ0v) is 11.7. The zero-order valence-electron chi connectivity index (χ0n) is 11.7. The van der Waals surface area contributed by atoms with Gasteiger partial charge in [0.2, 0.25) is 0 Å². The SMILES string of the molecule is COc1ccc(OC)c(C2CCNC2)c1C(C)C. The third-order valence-corrected chi connectivity index (χ3v) is 3.69. The Morgan fingerprint density at radius 1 is 1.17 bits per heavy atom. The lowest BCUT2D eigenvalue weighted by atomic mass is 9.86. The summed E-state index contributed by atoms with van der Waals surface area (Å²) in [6, 6.07) is 4.04. The van der Waals surface area contributed by atoms with Crippen LogP contribution in [0.3, 0.4) is 0 Å². The highest BCUT2D eigenvalue weighted by atomic mass is 16.5. The maximum atomic E-state index is 5.56. The molecule has 0 radical (unpaired) electrons. The molecule has 1 aliphatic heterocycles. The molecule has 3 heteroatoms. The quantitative estimate of drug-likeness (QED) is 0.890. The van der Waals surface area contributed by atoms with Gasteiger partial charge in [-0.1, -0.05) is 13.8 Å². The number of methoxy groups -OCH3 is 2. The summed E-state index contributed by atoms with van der Waals surface area (Å²) in [5.41, 5.74) is 2.63. The Morgan fingerprint density at radius 2 is 1.83 bits per heavy atom. The summed E-state index contributed by atoms with van der Waals surface area (Å²) in [6.45, 7) is 6.54. The molecule has 1 atom stereocenters. The van der Waals surface area contributed by atoms with Crippen molar-refractivity contribution in [3.63, 3.8) is 0 Å². The first kappa shape index (κ1) is 13.2. The van der Waals surface area contributed by atoms with Gasteiger partial charge in [-0.3, -0.25) is 0 Å². The van der Waals surface area contributed by atoms with Crippen LogP contribution in [0.15, 0.2) is 12.1 Å². The van der Waals surface area contributed by atoms with Gasteiger partial charge < -0.3 is 14.8 Å². The van der Waals surface area contributed by atoms with Gasteiger partial charge in [-0.25, -0.2) is 0 Å². The van der Waals surface area contributed by atoms with E-state index in [1.165, 1.54) is 17.5 Å². The third-order valence-electron chi connectivity index (χ3n) is 3.69. The minimum Gasteiger partial charge on any atom is -0.496 e. The summed E-state index contributed by atoms with van der Waals surface area (Å²) >= 11 is 0. The van der Waals surface area contributed by atoms with Crippen LogP contribution < -0.4 is 14.8 Å². The van der Waals surface area contributed by atoms with Crippen molar-refractivity contribution in [1.29, 1.82) is 0 Å². The van der Waals surface area contributed by atoms with E-state index in [2.05, 4.69) is 19.2 Å². The molecule has 1 heterocycles. The number of rotatable bonds is 4. The molecule has 1 aliphatic rings. The number of hydrogen-bond donors (Lipinski definition) is 1. The molecule has 0 saturated carbocycles. The standard InChI is InChI=1S/C15H23NO2/c1-10(2)14-12(17-3)5-6-13(18-4)15(14)11-7-8-16-9-11/h5-6,10-11,16H,7-9H2,1-4H3. The van der Waals surface area contributed by atoms with Crippen molar-refractivity contribution in [2.45, 2.75) is 32.1 Å². The molecule has 1 aromatic carbocycles. The van der Waals surface area contributed by atoms with Gasteiger partial charge in [0.05, 0.1) is 14.2 Å². The maximum absolute atomic E-state index is 5.56. The lowest BCUT2D eigenvalue weighted by Gasteiger charge is -2.23. The Bertz CT molecular complexity index is 409. The van der Waals surface area contributed by atoms with Crippen molar-refractivity contribution < 1.29 is 9.47 Å². The fraction of sp³-hybridized carbons (Fsp3) is 0.600. The van der Waals surface area contributed by atoms with Crippen LogP contribution in [-0.2, 0) is 0 Å². The Balaban J connectivity index is 2.56. The van der Waals surface area contributed by atoms with E-state index < -0.39 is 0 Å². The van der Waals surface area contributed by atoms with E-state index in [4.69, 9.17) is 9.47 Å². The average Bonchev–Trinajstić information content (AvgIpc) is 2.90. The van der Waals surface area contributed by atoms with Gasteiger partial charge in [-0.15, -0.1) is 0 Å². The van der Waals surface area contributed by atoms with E-state index in [9.17, 15) is 0 Å². The predicted octanol–water partition coefficient (Wildman–Crippen LogP) is 2.90. The fourth-order valence-electron chi connectivity index (χ4n) is 2.87. The topological polar surface area (TPSA) is 30.5 Å². The van der Waals surface area contributed by atoms with E-state index >= 15 is 0 Å². The smallest absolute Gasteiger partial charge is 0.122 e. The average molecular weight is 249 g/mol. The van der Waals surface area contributed by atoms with Gasteiger partial charge in [-0.2, -0.15) is 0 Å². The number of nitrogens with one attached hydrogen (secondary N) is 1. The minimum atomic E-state index is 0.436. The first-order valence-corrected chi connectivity index (χ1v) is 6.64. The normalized spacial score (nSPS) is 19.3. The van der Waals surface area contributed by atoms with Gasteiger partial charge in [0.1, 0.15) is 11.5 Å². The highest BCUT2D eigenvalue weighted by Crippen LogP contribution is 2.41. The maximum Gasteiger partial charge on any atom is 0.122 e. The largest absolute Gasteiger partial charge is 0.496 e. The monoisotopic (exact) mass is 249 g/mol. The summed E-state index contributed by atoms with van der Waals surface area (Å²) < 4.78 is 11.1. The van der Waals surface area contributed by atoms with E-state index in [-0.39, 0.29) is 0 Å². The fourth-order valence-corrected chi connectivity index (χ4v) is 2.87. The first-order valence-electron chi connectivity index (χ1n) is 6.64. The molecular formula is C15H23NO2. The third kappa shape index (κ3) is 2.32. The van der Waals surface area contributed by atoms with Crippen LogP contribution >= 0.6 is 0 Å². The van der Waals surface area contributed by atoms with Crippen molar-refractivity contribution in [3.05, 3.63) is 23.3 Å². The van der Waals surface area contributed by atoms with Crippen LogP contribution in [0, 0.1) is 0 Å². The number of benzene rings is 1. The molecule has 1 aromatic rings. The summed E-state index contributed by atoms with van der Waals surface area (Å²) in [5, 5.41) is 3.43. The van der Waals surface area contributed by atoms with Gasteiger partial charge in [-0.05, 0) is 31.0 Å². The molecule has 3 nitrogen and oxygen atoms in total. The van der Waals surface area contributed by atoms with Gasteiger partial charge in [0.15, 0.2) is 0 Å². The second-order valence-corrected chi connectivity index (χ2v) is 5.14. The minimum absolute atomic E-state index is 0.436. The van der Waals surface area contributed by atoms with E-state index in [1.54, 1.807) is 14.2 Å². The lowest BCUT2D eigenvalue weighted by Crippen LogP contribution is -2.12. The van der Waals surface area contributed by atoms with E-state index in [1.807, 2.05) is 12.1 Å². The number of ether oxygens (including phenoxy) is 2. The van der Waals surface area contributed by atoms with Gasteiger partial charge in [0, 0.05) is 23.6 Å². The first-order chi connectivity index (χ1) is 8.69. The van der Waals surface area contributed by atoms with Crippen LogP contribution in [0.5, 0.6) is 11.5 Å². The van der Waals surface area contributed by atoms with Crippen molar-refractivity contribution in [3.8, 4) is 11.5 Å². The summed E-state index contributed by atoms with van der Waals surface area (Å²) in [4.78, 5) is 0. The Kier molecular flexibility index (Phi) is 4.12. The molecule has 1 saturated heterocycles. The lowest BCUT2D eigenvalue weighted by molar-refractivity contribution is 0.389. The second-order valence-electron chi connectivity index (χ2n) is 5.14.